The summed E-state index contributed by atoms with van der Waals surface area (Å²) in [5.41, 5.74) is 6.81. The fourth-order valence-corrected chi connectivity index (χ4v) is 3.28. The van der Waals surface area contributed by atoms with Crippen molar-refractivity contribution in [3.05, 3.63) is 30.3 Å². The van der Waals surface area contributed by atoms with E-state index in [1.807, 2.05) is 11.0 Å². The number of hydrogen-bond acceptors (Lipinski definition) is 3. The maximum Gasteiger partial charge on any atom is 0.230 e. The van der Waals surface area contributed by atoms with Gasteiger partial charge in [-0.2, -0.15) is 0 Å². The van der Waals surface area contributed by atoms with Gasteiger partial charge in [0.1, 0.15) is 0 Å². The van der Waals surface area contributed by atoms with Crippen LogP contribution in [0.3, 0.4) is 0 Å². The maximum atomic E-state index is 12.9. The third-order valence-corrected chi connectivity index (χ3v) is 5.10. The monoisotopic (exact) mass is 303 g/mol. The third-order valence-electron chi connectivity index (χ3n) is 5.10. The molecule has 1 aliphatic rings. The van der Waals surface area contributed by atoms with E-state index in [-0.39, 0.29) is 11.3 Å². The highest BCUT2D eigenvalue weighted by Crippen LogP contribution is 2.28. The van der Waals surface area contributed by atoms with Crippen molar-refractivity contribution in [3.8, 4) is 0 Å². The Kier molecular flexibility index (Phi) is 5.83. The highest BCUT2D eigenvalue weighted by molar-refractivity contribution is 5.83. The summed E-state index contributed by atoms with van der Waals surface area (Å²) in [5.74, 6) is 0.245. The van der Waals surface area contributed by atoms with Gasteiger partial charge in [-0.25, -0.2) is 0 Å². The zero-order chi connectivity index (χ0) is 16.0. The first-order chi connectivity index (χ1) is 10.7. The molecule has 0 saturated carbocycles. The van der Waals surface area contributed by atoms with Gasteiger partial charge in [-0.3, -0.25) is 4.79 Å². The van der Waals surface area contributed by atoms with Crippen LogP contribution >= 0.6 is 0 Å². The number of anilines is 1. The summed E-state index contributed by atoms with van der Waals surface area (Å²) < 4.78 is 0. The number of amides is 1. The van der Waals surface area contributed by atoms with Crippen LogP contribution in [0.25, 0.3) is 0 Å². The van der Waals surface area contributed by atoms with Crippen molar-refractivity contribution in [2.24, 2.45) is 11.1 Å². The summed E-state index contributed by atoms with van der Waals surface area (Å²) in [6, 6.07) is 10.4. The lowest BCUT2D eigenvalue weighted by atomic mass is 9.81. The highest BCUT2D eigenvalue weighted by Gasteiger charge is 2.37. The Morgan fingerprint density at radius 3 is 2.36 bits per heavy atom. The predicted octanol–water partition coefficient (Wildman–Crippen LogP) is 2.49. The summed E-state index contributed by atoms with van der Waals surface area (Å²) >= 11 is 0. The van der Waals surface area contributed by atoms with E-state index in [0.717, 1.165) is 45.4 Å². The molecular weight excluding hydrogens is 274 g/mol. The Bertz CT molecular complexity index is 462. The molecule has 4 nitrogen and oxygen atoms in total. The van der Waals surface area contributed by atoms with Crippen molar-refractivity contribution in [1.29, 1.82) is 0 Å². The Morgan fingerprint density at radius 2 is 1.77 bits per heavy atom. The van der Waals surface area contributed by atoms with Crippen molar-refractivity contribution in [2.75, 3.05) is 37.6 Å². The van der Waals surface area contributed by atoms with E-state index in [1.54, 1.807) is 0 Å². The zero-order valence-electron chi connectivity index (χ0n) is 13.9. The second-order valence-corrected chi connectivity index (χ2v) is 6.16. The molecule has 2 rings (SSSR count). The summed E-state index contributed by atoms with van der Waals surface area (Å²) in [6.45, 7) is 8.10. The molecule has 1 fully saturated rings. The predicted molar refractivity (Wildman–Crippen MR) is 91.9 cm³/mol. The van der Waals surface area contributed by atoms with E-state index >= 15 is 0 Å². The lowest BCUT2D eigenvalue weighted by Gasteiger charge is -2.34. The van der Waals surface area contributed by atoms with Gasteiger partial charge >= 0.3 is 0 Å². The molecule has 0 aliphatic carbocycles. The molecule has 1 aliphatic heterocycles. The fraction of sp³-hybridized carbons (Fsp3) is 0.611. The van der Waals surface area contributed by atoms with Crippen LogP contribution in [0.1, 0.15) is 33.1 Å². The number of benzene rings is 1. The van der Waals surface area contributed by atoms with Gasteiger partial charge < -0.3 is 15.5 Å². The summed E-state index contributed by atoms with van der Waals surface area (Å²) in [7, 11) is 0. The van der Waals surface area contributed by atoms with Gasteiger partial charge in [-0.1, -0.05) is 32.0 Å². The normalized spacial score (nSPS) is 16.5. The average Bonchev–Trinajstić information content (AvgIpc) is 2.83. The molecule has 1 heterocycles. The lowest BCUT2D eigenvalue weighted by Crippen LogP contribution is -2.48. The Labute approximate surface area is 134 Å². The maximum absolute atomic E-state index is 12.9. The molecule has 0 radical (unpaired) electrons. The Morgan fingerprint density at radius 1 is 1.09 bits per heavy atom. The molecule has 1 saturated heterocycles. The van der Waals surface area contributed by atoms with Crippen molar-refractivity contribution < 1.29 is 4.79 Å². The van der Waals surface area contributed by atoms with E-state index < -0.39 is 0 Å². The molecule has 0 aromatic heterocycles. The lowest BCUT2D eigenvalue weighted by molar-refractivity contribution is -0.142. The van der Waals surface area contributed by atoms with Gasteiger partial charge in [-0.05, 0) is 31.4 Å². The van der Waals surface area contributed by atoms with Crippen LogP contribution in [0.2, 0.25) is 0 Å². The van der Waals surface area contributed by atoms with E-state index in [9.17, 15) is 4.79 Å². The first-order valence-electron chi connectivity index (χ1n) is 8.46. The Hall–Kier alpha value is -1.55. The number of carbonyl (C=O) groups is 1. The van der Waals surface area contributed by atoms with Gasteiger partial charge in [0.15, 0.2) is 0 Å². The van der Waals surface area contributed by atoms with Crippen molar-refractivity contribution >= 4 is 11.6 Å². The molecule has 22 heavy (non-hydrogen) atoms. The molecule has 1 amide bonds. The minimum atomic E-state index is -0.373. The third kappa shape index (κ3) is 3.43. The summed E-state index contributed by atoms with van der Waals surface area (Å²) in [5, 5.41) is 0. The number of hydrogen-bond donors (Lipinski definition) is 1. The van der Waals surface area contributed by atoms with Gasteiger partial charge in [0.25, 0.3) is 0 Å². The van der Waals surface area contributed by atoms with Crippen molar-refractivity contribution in [3.63, 3.8) is 0 Å². The van der Waals surface area contributed by atoms with Gasteiger partial charge in [0, 0.05) is 38.4 Å². The van der Waals surface area contributed by atoms with Crippen LogP contribution in [0.15, 0.2) is 30.3 Å². The van der Waals surface area contributed by atoms with Crippen molar-refractivity contribution in [1.82, 2.24) is 4.90 Å². The first kappa shape index (κ1) is 16.8. The molecular formula is C18H29N3O. The van der Waals surface area contributed by atoms with Gasteiger partial charge in [-0.15, -0.1) is 0 Å². The molecule has 0 unspecified atom stereocenters. The molecule has 122 valence electrons. The molecule has 1 aromatic rings. The largest absolute Gasteiger partial charge is 0.370 e. The van der Waals surface area contributed by atoms with Crippen molar-refractivity contribution in [2.45, 2.75) is 33.1 Å². The van der Waals surface area contributed by atoms with Crippen LogP contribution in [-0.4, -0.2) is 43.5 Å². The van der Waals surface area contributed by atoms with Crippen LogP contribution in [0.5, 0.6) is 0 Å². The van der Waals surface area contributed by atoms with Crippen LogP contribution in [-0.2, 0) is 4.79 Å². The number of para-hydroxylation sites is 1. The molecule has 0 bridgehead atoms. The quantitative estimate of drug-likeness (QED) is 0.909. The molecule has 0 spiro atoms. The summed E-state index contributed by atoms with van der Waals surface area (Å²) in [6.07, 6.45) is 2.64. The van der Waals surface area contributed by atoms with E-state index in [1.165, 1.54) is 5.69 Å². The SMILES string of the molecule is CCC(CC)(CN)C(=O)N1CCCN(c2ccccc2)CC1. The van der Waals surface area contributed by atoms with Crippen LogP contribution in [0.4, 0.5) is 5.69 Å². The standard InChI is InChI=1S/C18H29N3O/c1-3-18(4-2,15-19)17(22)21-12-8-11-20(13-14-21)16-9-6-5-7-10-16/h5-7,9-10H,3-4,8,11-15,19H2,1-2H3. The number of nitrogens with zero attached hydrogens (tertiary/aromatic N) is 2. The molecule has 4 heteroatoms. The van der Waals surface area contributed by atoms with Gasteiger partial charge in [0.05, 0.1) is 5.41 Å². The van der Waals surface area contributed by atoms with Crippen LogP contribution < -0.4 is 10.6 Å². The topological polar surface area (TPSA) is 49.6 Å². The Balaban J connectivity index is 2.05. The highest BCUT2D eigenvalue weighted by atomic mass is 16.2. The minimum absolute atomic E-state index is 0.245. The number of rotatable bonds is 5. The molecule has 2 N–H and O–H groups in total. The first-order valence-corrected chi connectivity index (χ1v) is 8.46. The molecule has 0 atom stereocenters. The van der Waals surface area contributed by atoms with E-state index in [0.29, 0.717) is 6.54 Å². The number of carbonyl (C=O) groups excluding carboxylic acids is 1. The number of nitrogens with two attached hydrogens (primary N) is 1. The minimum Gasteiger partial charge on any atom is -0.370 e. The van der Waals surface area contributed by atoms with Crippen LogP contribution in [0, 0.1) is 5.41 Å². The fourth-order valence-electron chi connectivity index (χ4n) is 3.28. The second kappa shape index (κ2) is 7.63. The van der Waals surface area contributed by atoms with E-state index in [2.05, 4.69) is 43.0 Å². The van der Waals surface area contributed by atoms with Gasteiger partial charge in [0.2, 0.25) is 5.91 Å². The zero-order valence-corrected chi connectivity index (χ0v) is 13.9. The average molecular weight is 303 g/mol. The summed E-state index contributed by atoms with van der Waals surface area (Å²) in [4.78, 5) is 17.3. The smallest absolute Gasteiger partial charge is 0.230 e. The molecule has 1 aromatic carbocycles. The van der Waals surface area contributed by atoms with E-state index in [4.69, 9.17) is 5.73 Å². The second-order valence-electron chi connectivity index (χ2n) is 6.16.